The van der Waals surface area contributed by atoms with E-state index in [1.165, 1.54) is 0 Å². The van der Waals surface area contributed by atoms with Gasteiger partial charge in [-0.2, -0.15) is 5.10 Å². The zero-order valence-corrected chi connectivity index (χ0v) is 9.26. The van der Waals surface area contributed by atoms with Crippen molar-refractivity contribution in [1.29, 1.82) is 0 Å². The van der Waals surface area contributed by atoms with Crippen LogP contribution in [0, 0.1) is 0 Å². The quantitative estimate of drug-likeness (QED) is 0.842. The van der Waals surface area contributed by atoms with E-state index in [-0.39, 0.29) is 0 Å². The van der Waals surface area contributed by atoms with Crippen LogP contribution in [0.3, 0.4) is 0 Å². The maximum atomic E-state index is 5.59. The van der Waals surface area contributed by atoms with Gasteiger partial charge in [0.1, 0.15) is 12.4 Å². The van der Waals surface area contributed by atoms with E-state index in [4.69, 9.17) is 10.5 Å². The number of nitrogens with zero attached hydrogens (tertiary/aromatic N) is 2. The van der Waals surface area contributed by atoms with Crippen LogP contribution in [0.25, 0.3) is 11.1 Å². The van der Waals surface area contributed by atoms with Gasteiger partial charge in [-0.15, -0.1) is 0 Å². The number of para-hydroxylation sites is 1. The molecule has 0 aliphatic rings. The van der Waals surface area contributed by atoms with Gasteiger partial charge in [-0.1, -0.05) is 18.2 Å². The maximum absolute atomic E-state index is 5.59. The molecule has 0 bridgehead atoms. The molecule has 0 amide bonds. The van der Waals surface area contributed by atoms with Crippen molar-refractivity contribution in [2.75, 3.05) is 13.2 Å². The summed E-state index contributed by atoms with van der Waals surface area (Å²) in [6, 6.07) is 7.89. The number of aryl methyl sites for hydroxylation is 1. The molecule has 0 unspecified atom stereocenters. The number of ether oxygens (including phenoxy) is 1. The van der Waals surface area contributed by atoms with Crippen molar-refractivity contribution in [1.82, 2.24) is 9.78 Å². The van der Waals surface area contributed by atoms with E-state index in [2.05, 4.69) is 5.10 Å². The molecule has 2 aromatic rings. The zero-order chi connectivity index (χ0) is 11.4. The Balaban J connectivity index is 2.32. The van der Waals surface area contributed by atoms with Gasteiger partial charge in [0.2, 0.25) is 0 Å². The molecule has 0 aliphatic carbocycles. The van der Waals surface area contributed by atoms with Crippen LogP contribution in [0.5, 0.6) is 5.75 Å². The highest BCUT2D eigenvalue weighted by Gasteiger charge is 2.06. The van der Waals surface area contributed by atoms with Crippen LogP contribution in [0.2, 0.25) is 0 Å². The van der Waals surface area contributed by atoms with Crippen molar-refractivity contribution in [3.63, 3.8) is 0 Å². The number of benzene rings is 1. The highest BCUT2D eigenvalue weighted by molar-refractivity contribution is 5.69. The molecule has 2 N–H and O–H groups in total. The predicted octanol–water partition coefficient (Wildman–Crippen LogP) is 1.42. The third-order valence-corrected chi connectivity index (χ3v) is 2.28. The van der Waals surface area contributed by atoms with Crippen molar-refractivity contribution < 1.29 is 4.74 Å². The molecule has 0 saturated heterocycles. The first-order chi connectivity index (χ1) is 7.81. The van der Waals surface area contributed by atoms with Crippen LogP contribution in [0.1, 0.15) is 0 Å². The summed E-state index contributed by atoms with van der Waals surface area (Å²) in [6.07, 6.45) is 3.79. The minimum absolute atomic E-state index is 0.515. The summed E-state index contributed by atoms with van der Waals surface area (Å²) >= 11 is 0. The SMILES string of the molecule is Cn1cc(-c2ccccc2OCCN)cn1. The first-order valence-electron chi connectivity index (χ1n) is 5.22. The van der Waals surface area contributed by atoms with Crippen LogP contribution in [0.4, 0.5) is 0 Å². The van der Waals surface area contributed by atoms with Gasteiger partial charge in [0.15, 0.2) is 0 Å². The highest BCUT2D eigenvalue weighted by atomic mass is 16.5. The standard InChI is InChI=1S/C12H15N3O/c1-15-9-10(8-14-15)11-4-2-3-5-12(11)16-7-6-13/h2-5,8-9H,6-7,13H2,1H3. The smallest absolute Gasteiger partial charge is 0.127 e. The van der Waals surface area contributed by atoms with Crippen LogP contribution in [-0.4, -0.2) is 22.9 Å². The molecular formula is C12H15N3O. The van der Waals surface area contributed by atoms with Crippen molar-refractivity contribution in [3.8, 4) is 16.9 Å². The lowest BCUT2D eigenvalue weighted by atomic mass is 10.1. The zero-order valence-electron chi connectivity index (χ0n) is 9.26. The normalized spacial score (nSPS) is 10.4. The van der Waals surface area contributed by atoms with Gasteiger partial charge in [-0.25, -0.2) is 0 Å². The monoisotopic (exact) mass is 217 g/mol. The lowest BCUT2D eigenvalue weighted by molar-refractivity contribution is 0.329. The maximum Gasteiger partial charge on any atom is 0.127 e. The van der Waals surface area contributed by atoms with E-state index in [0.29, 0.717) is 13.2 Å². The summed E-state index contributed by atoms with van der Waals surface area (Å²) < 4.78 is 7.36. The second kappa shape index (κ2) is 4.81. The van der Waals surface area contributed by atoms with Crippen molar-refractivity contribution in [3.05, 3.63) is 36.7 Å². The Morgan fingerprint density at radius 3 is 2.88 bits per heavy atom. The van der Waals surface area contributed by atoms with Crippen molar-refractivity contribution >= 4 is 0 Å². The second-order valence-corrected chi connectivity index (χ2v) is 3.54. The van der Waals surface area contributed by atoms with E-state index in [1.54, 1.807) is 4.68 Å². The minimum atomic E-state index is 0.515. The van der Waals surface area contributed by atoms with Gasteiger partial charge in [0, 0.05) is 30.9 Å². The fraction of sp³-hybridized carbons (Fsp3) is 0.250. The number of hydrogen-bond donors (Lipinski definition) is 1. The van der Waals surface area contributed by atoms with Crippen molar-refractivity contribution in [2.45, 2.75) is 0 Å². The average molecular weight is 217 g/mol. The van der Waals surface area contributed by atoms with Gasteiger partial charge < -0.3 is 10.5 Å². The van der Waals surface area contributed by atoms with Gasteiger partial charge in [0.25, 0.3) is 0 Å². The molecule has 0 aliphatic heterocycles. The van der Waals surface area contributed by atoms with Crippen LogP contribution in [-0.2, 0) is 7.05 Å². The van der Waals surface area contributed by atoms with Gasteiger partial charge >= 0.3 is 0 Å². The summed E-state index contributed by atoms with van der Waals surface area (Å²) in [5.74, 6) is 0.848. The predicted molar refractivity (Wildman–Crippen MR) is 63.2 cm³/mol. The summed E-state index contributed by atoms with van der Waals surface area (Å²) in [4.78, 5) is 0. The fourth-order valence-corrected chi connectivity index (χ4v) is 1.56. The number of hydrogen-bond acceptors (Lipinski definition) is 3. The molecule has 4 nitrogen and oxygen atoms in total. The molecule has 0 spiro atoms. The Morgan fingerprint density at radius 2 is 2.19 bits per heavy atom. The molecule has 1 aromatic carbocycles. The molecule has 0 fully saturated rings. The minimum Gasteiger partial charge on any atom is -0.492 e. The van der Waals surface area contributed by atoms with Crippen LogP contribution in [0.15, 0.2) is 36.7 Å². The average Bonchev–Trinajstić information content (AvgIpc) is 2.73. The first kappa shape index (κ1) is 10.7. The highest BCUT2D eigenvalue weighted by Crippen LogP contribution is 2.28. The molecule has 0 saturated carbocycles. The molecule has 16 heavy (non-hydrogen) atoms. The van der Waals surface area contributed by atoms with Gasteiger partial charge in [0.05, 0.1) is 6.20 Å². The summed E-state index contributed by atoms with van der Waals surface area (Å²) in [5, 5.41) is 4.15. The summed E-state index contributed by atoms with van der Waals surface area (Å²) in [7, 11) is 1.90. The first-order valence-corrected chi connectivity index (χ1v) is 5.22. The Hall–Kier alpha value is -1.81. The Morgan fingerprint density at radius 1 is 1.38 bits per heavy atom. The Kier molecular flexibility index (Phi) is 3.22. The van der Waals surface area contributed by atoms with Gasteiger partial charge in [-0.05, 0) is 6.07 Å². The molecule has 2 rings (SSSR count). The van der Waals surface area contributed by atoms with E-state index in [0.717, 1.165) is 16.9 Å². The second-order valence-electron chi connectivity index (χ2n) is 3.54. The molecule has 1 aromatic heterocycles. The van der Waals surface area contributed by atoms with E-state index < -0.39 is 0 Å². The molecule has 84 valence electrons. The molecule has 1 heterocycles. The molecule has 0 radical (unpaired) electrons. The number of aromatic nitrogens is 2. The van der Waals surface area contributed by atoms with Crippen LogP contribution < -0.4 is 10.5 Å². The lowest BCUT2D eigenvalue weighted by Crippen LogP contribution is -2.10. The van der Waals surface area contributed by atoms with E-state index >= 15 is 0 Å². The molecular weight excluding hydrogens is 202 g/mol. The third kappa shape index (κ3) is 2.23. The third-order valence-electron chi connectivity index (χ3n) is 2.28. The Labute approximate surface area is 94.6 Å². The molecule has 4 heteroatoms. The van der Waals surface area contributed by atoms with E-state index in [1.807, 2.05) is 43.7 Å². The Bertz CT molecular complexity index is 465. The number of nitrogens with two attached hydrogens (primary N) is 1. The van der Waals surface area contributed by atoms with Crippen molar-refractivity contribution in [2.24, 2.45) is 12.8 Å². The fourth-order valence-electron chi connectivity index (χ4n) is 1.56. The summed E-state index contributed by atoms with van der Waals surface area (Å²) in [5.41, 5.74) is 7.52. The van der Waals surface area contributed by atoms with Crippen LogP contribution >= 0.6 is 0 Å². The largest absolute Gasteiger partial charge is 0.492 e. The topological polar surface area (TPSA) is 53.1 Å². The molecule has 0 atom stereocenters. The summed E-state index contributed by atoms with van der Waals surface area (Å²) in [6.45, 7) is 1.04. The lowest BCUT2D eigenvalue weighted by Gasteiger charge is -2.08. The van der Waals surface area contributed by atoms with E-state index in [9.17, 15) is 0 Å². The number of rotatable bonds is 4. The van der Waals surface area contributed by atoms with Gasteiger partial charge in [-0.3, -0.25) is 4.68 Å².